The van der Waals surface area contributed by atoms with E-state index in [4.69, 9.17) is 0 Å². The molecule has 0 radical (unpaired) electrons. The summed E-state index contributed by atoms with van der Waals surface area (Å²) in [6.45, 7) is 7.82. The van der Waals surface area contributed by atoms with Crippen molar-refractivity contribution in [3.63, 3.8) is 0 Å². The number of piperidine rings is 1. The van der Waals surface area contributed by atoms with Crippen LogP contribution in [0.1, 0.15) is 37.0 Å². The molecule has 1 saturated heterocycles. The van der Waals surface area contributed by atoms with E-state index in [0.29, 0.717) is 5.92 Å². The second-order valence-corrected chi connectivity index (χ2v) is 5.20. The molecule has 1 aromatic carbocycles. The van der Waals surface area contributed by atoms with Crippen LogP contribution in [0.2, 0.25) is 0 Å². The van der Waals surface area contributed by atoms with Crippen molar-refractivity contribution in [1.29, 1.82) is 0 Å². The highest BCUT2D eigenvalue weighted by Gasteiger charge is 2.24. The lowest BCUT2D eigenvalue weighted by Crippen LogP contribution is -2.31. The molecule has 1 aliphatic heterocycles. The lowest BCUT2D eigenvalue weighted by molar-refractivity contribution is 0.0887. The summed E-state index contributed by atoms with van der Waals surface area (Å²) in [5.41, 5.74) is 3.33. The van der Waals surface area contributed by atoms with Crippen LogP contribution in [0.15, 0.2) is 43.0 Å². The molecule has 1 heterocycles. The highest BCUT2D eigenvalue weighted by atomic mass is 16.3. The standard InChI is InChI=1S/C17H23NO/c1-3-6-13(2)15-7-4-5-8-16(15)17(19)14-9-11-18-12-10-14/h3-8,14,17-19H,1,9-12H2,2H3. The molecular weight excluding hydrogens is 234 g/mol. The van der Waals surface area contributed by atoms with Crippen LogP contribution in [0.3, 0.4) is 0 Å². The monoisotopic (exact) mass is 257 g/mol. The molecule has 19 heavy (non-hydrogen) atoms. The van der Waals surface area contributed by atoms with E-state index in [9.17, 15) is 5.11 Å². The molecule has 0 bridgehead atoms. The van der Waals surface area contributed by atoms with Crippen LogP contribution < -0.4 is 5.32 Å². The molecule has 2 N–H and O–H groups in total. The zero-order valence-corrected chi connectivity index (χ0v) is 11.6. The van der Waals surface area contributed by atoms with E-state index in [-0.39, 0.29) is 6.10 Å². The van der Waals surface area contributed by atoms with E-state index in [0.717, 1.165) is 42.6 Å². The Bertz CT molecular complexity index is 458. The second-order valence-electron chi connectivity index (χ2n) is 5.20. The molecule has 1 fully saturated rings. The first-order valence-electron chi connectivity index (χ1n) is 7.01. The minimum atomic E-state index is -0.369. The molecule has 2 heteroatoms. The topological polar surface area (TPSA) is 32.3 Å². The number of aliphatic hydroxyl groups is 1. The van der Waals surface area contributed by atoms with Crippen molar-refractivity contribution in [2.24, 2.45) is 5.92 Å². The Kier molecular flexibility index (Phi) is 4.94. The van der Waals surface area contributed by atoms with Crippen molar-refractivity contribution in [3.05, 3.63) is 54.1 Å². The third-order valence-electron chi connectivity index (χ3n) is 3.90. The highest BCUT2D eigenvalue weighted by molar-refractivity contribution is 5.68. The summed E-state index contributed by atoms with van der Waals surface area (Å²) in [5.74, 6) is 0.360. The van der Waals surface area contributed by atoms with Crippen molar-refractivity contribution in [1.82, 2.24) is 5.32 Å². The minimum absolute atomic E-state index is 0.360. The molecule has 2 nitrogen and oxygen atoms in total. The van der Waals surface area contributed by atoms with Gasteiger partial charge in [0.05, 0.1) is 6.10 Å². The average Bonchev–Trinajstić information content (AvgIpc) is 2.47. The van der Waals surface area contributed by atoms with E-state index in [1.54, 1.807) is 6.08 Å². The largest absolute Gasteiger partial charge is 0.388 e. The van der Waals surface area contributed by atoms with Crippen molar-refractivity contribution in [2.75, 3.05) is 13.1 Å². The Morgan fingerprint density at radius 1 is 1.37 bits per heavy atom. The molecule has 1 atom stereocenters. The van der Waals surface area contributed by atoms with Crippen LogP contribution in [-0.4, -0.2) is 18.2 Å². The predicted octanol–water partition coefficient (Wildman–Crippen LogP) is 3.31. The van der Waals surface area contributed by atoms with Crippen LogP contribution in [0.5, 0.6) is 0 Å². The van der Waals surface area contributed by atoms with Gasteiger partial charge in [-0.15, -0.1) is 0 Å². The molecule has 0 amide bonds. The van der Waals surface area contributed by atoms with E-state index >= 15 is 0 Å². The van der Waals surface area contributed by atoms with Crippen LogP contribution in [-0.2, 0) is 0 Å². The fraction of sp³-hybridized carbons (Fsp3) is 0.412. The van der Waals surface area contributed by atoms with Crippen LogP contribution in [0, 0.1) is 5.92 Å². The quantitative estimate of drug-likeness (QED) is 0.811. The zero-order chi connectivity index (χ0) is 13.7. The van der Waals surface area contributed by atoms with Gasteiger partial charge in [0, 0.05) is 0 Å². The summed E-state index contributed by atoms with van der Waals surface area (Å²) in [6.07, 6.45) is 5.50. The van der Waals surface area contributed by atoms with Gasteiger partial charge < -0.3 is 10.4 Å². The fourth-order valence-corrected chi connectivity index (χ4v) is 2.79. The first-order chi connectivity index (χ1) is 9.24. The van der Waals surface area contributed by atoms with Gasteiger partial charge in [-0.2, -0.15) is 0 Å². The summed E-state index contributed by atoms with van der Waals surface area (Å²) in [5, 5.41) is 14.0. The Morgan fingerprint density at radius 2 is 2.05 bits per heavy atom. The summed E-state index contributed by atoms with van der Waals surface area (Å²) in [6, 6.07) is 8.15. The van der Waals surface area contributed by atoms with Gasteiger partial charge in [0.1, 0.15) is 0 Å². The van der Waals surface area contributed by atoms with Crippen LogP contribution >= 0.6 is 0 Å². The van der Waals surface area contributed by atoms with Crippen molar-refractivity contribution < 1.29 is 5.11 Å². The number of benzene rings is 1. The summed E-state index contributed by atoms with van der Waals surface area (Å²) in [4.78, 5) is 0. The highest BCUT2D eigenvalue weighted by Crippen LogP contribution is 2.33. The van der Waals surface area contributed by atoms with Gasteiger partial charge in [0.25, 0.3) is 0 Å². The molecular formula is C17H23NO. The molecule has 1 unspecified atom stereocenters. The predicted molar refractivity (Wildman–Crippen MR) is 80.8 cm³/mol. The molecule has 2 rings (SSSR count). The number of hydrogen-bond acceptors (Lipinski definition) is 2. The maximum Gasteiger partial charge on any atom is 0.0825 e. The molecule has 102 valence electrons. The number of allylic oxidation sites excluding steroid dienone is 3. The van der Waals surface area contributed by atoms with Crippen LogP contribution in [0.25, 0.3) is 5.57 Å². The average molecular weight is 257 g/mol. The summed E-state index contributed by atoms with van der Waals surface area (Å²) in [7, 11) is 0. The first kappa shape index (κ1) is 14.0. The van der Waals surface area contributed by atoms with E-state index in [1.807, 2.05) is 24.3 Å². The van der Waals surface area contributed by atoms with Gasteiger partial charge in [0.15, 0.2) is 0 Å². The molecule has 0 spiro atoms. The maximum atomic E-state index is 10.7. The number of rotatable bonds is 4. The Morgan fingerprint density at radius 3 is 2.74 bits per heavy atom. The lowest BCUT2D eigenvalue weighted by Gasteiger charge is -2.28. The SMILES string of the molecule is C=CC=C(C)c1ccccc1C(O)C1CCNCC1. The lowest BCUT2D eigenvalue weighted by atomic mass is 9.85. The molecule has 1 aliphatic rings. The number of nitrogens with one attached hydrogen (secondary N) is 1. The molecule has 0 aliphatic carbocycles. The Labute approximate surface area is 115 Å². The van der Waals surface area contributed by atoms with E-state index < -0.39 is 0 Å². The van der Waals surface area contributed by atoms with Crippen LogP contribution in [0.4, 0.5) is 0 Å². The number of hydrogen-bond donors (Lipinski definition) is 2. The smallest absolute Gasteiger partial charge is 0.0825 e. The molecule has 0 aromatic heterocycles. The fourth-order valence-electron chi connectivity index (χ4n) is 2.79. The maximum absolute atomic E-state index is 10.7. The molecule has 1 aromatic rings. The third-order valence-corrected chi connectivity index (χ3v) is 3.90. The van der Waals surface area contributed by atoms with Gasteiger partial charge in [-0.25, -0.2) is 0 Å². The van der Waals surface area contributed by atoms with E-state index in [1.165, 1.54) is 0 Å². The Hall–Kier alpha value is -1.38. The normalized spacial score (nSPS) is 19.2. The second kappa shape index (κ2) is 6.69. The zero-order valence-electron chi connectivity index (χ0n) is 11.6. The van der Waals surface area contributed by atoms with Crippen molar-refractivity contribution in [2.45, 2.75) is 25.9 Å². The number of aliphatic hydroxyl groups excluding tert-OH is 1. The van der Waals surface area contributed by atoms with E-state index in [2.05, 4.69) is 24.9 Å². The van der Waals surface area contributed by atoms with Gasteiger partial charge in [-0.3, -0.25) is 0 Å². The van der Waals surface area contributed by atoms with Gasteiger partial charge >= 0.3 is 0 Å². The minimum Gasteiger partial charge on any atom is -0.388 e. The Balaban J connectivity index is 2.28. The summed E-state index contributed by atoms with van der Waals surface area (Å²) >= 11 is 0. The van der Waals surface area contributed by atoms with Crippen molar-refractivity contribution >= 4 is 5.57 Å². The molecule has 0 saturated carbocycles. The van der Waals surface area contributed by atoms with Gasteiger partial charge in [-0.1, -0.05) is 43.0 Å². The third kappa shape index (κ3) is 3.34. The van der Waals surface area contributed by atoms with Gasteiger partial charge in [-0.05, 0) is 55.5 Å². The van der Waals surface area contributed by atoms with Crippen molar-refractivity contribution in [3.8, 4) is 0 Å². The first-order valence-corrected chi connectivity index (χ1v) is 7.01. The van der Waals surface area contributed by atoms with Gasteiger partial charge in [0.2, 0.25) is 0 Å². The summed E-state index contributed by atoms with van der Waals surface area (Å²) < 4.78 is 0.